The molecule has 0 bridgehead atoms. The first-order valence-corrected chi connectivity index (χ1v) is 4.06. The fourth-order valence-corrected chi connectivity index (χ4v) is 0.502. The Bertz CT molecular complexity index is 99.7. The molecule has 0 aliphatic heterocycles. The summed E-state index contributed by atoms with van der Waals surface area (Å²) >= 11 is 0. The highest BCUT2D eigenvalue weighted by molar-refractivity contribution is 4.67. The minimum absolute atomic E-state index is 0.260. The van der Waals surface area contributed by atoms with E-state index in [4.69, 9.17) is 9.47 Å². The van der Waals surface area contributed by atoms with Gasteiger partial charge in [-0.15, -0.1) is 0 Å². The van der Waals surface area contributed by atoms with Crippen molar-refractivity contribution in [1.82, 2.24) is 0 Å². The lowest BCUT2D eigenvalue weighted by Crippen LogP contribution is -2.30. The van der Waals surface area contributed by atoms with Gasteiger partial charge in [-0.1, -0.05) is 6.92 Å². The first-order chi connectivity index (χ1) is 5.02. The summed E-state index contributed by atoms with van der Waals surface area (Å²) in [7, 11) is 3.38. The minimum atomic E-state index is -0.260. The summed E-state index contributed by atoms with van der Waals surface area (Å²) in [6.45, 7) is 8.68. The molecule has 0 rings (SSSR count). The molecule has 0 aromatic heterocycles. The second-order valence-corrected chi connectivity index (χ2v) is 3.43. The van der Waals surface area contributed by atoms with E-state index in [1.807, 2.05) is 13.8 Å². The van der Waals surface area contributed by atoms with Gasteiger partial charge >= 0.3 is 0 Å². The summed E-state index contributed by atoms with van der Waals surface area (Å²) in [4.78, 5) is 0. The number of hydrogen-bond donors (Lipinski definition) is 0. The number of rotatable bonds is 5. The van der Waals surface area contributed by atoms with E-state index in [0.29, 0.717) is 12.7 Å². The lowest BCUT2D eigenvalue weighted by Gasteiger charge is -2.24. The topological polar surface area (TPSA) is 18.5 Å². The van der Waals surface area contributed by atoms with Gasteiger partial charge in [-0.25, -0.2) is 0 Å². The Morgan fingerprint density at radius 2 is 2.00 bits per heavy atom. The van der Waals surface area contributed by atoms with Crippen LogP contribution in [-0.4, -0.2) is 18.3 Å². The van der Waals surface area contributed by atoms with Crippen LogP contribution in [0, 0.1) is 7.11 Å². The van der Waals surface area contributed by atoms with Crippen molar-refractivity contribution in [2.45, 2.75) is 45.8 Å². The molecule has 0 N–H and O–H groups in total. The largest absolute Gasteiger partial charge is 0.376 e. The molecule has 1 radical (unpaired) electrons. The van der Waals surface area contributed by atoms with Crippen molar-refractivity contribution in [3.63, 3.8) is 0 Å². The third kappa shape index (κ3) is 5.22. The molecule has 1 atom stereocenters. The van der Waals surface area contributed by atoms with Crippen LogP contribution in [0.1, 0.15) is 34.1 Å². The van der Waals surface area contributed by atoms with Gasteiger partial charge in [0.05, 0.1) is 25.4 Å². The standard InChI is InChI=1S/C9H19O2/c1-6-8(2)11-7-9(3,4)10-5/h8H,5-7H2,1-4H3. The van der Waals surface area contributed by atoms with Gasteiger partial charge < -0.3 is 9.47 Å². The monoisotopic (exact) mass is 159 g/mol. The third-order valence-electron chi connectivity index (χ3n) is 1.68. The van der Waals surface area contributed by atoms with E-state index in [9.17, 15) is 0 Å². The zero-order valence-electron chi connectivity index (χ0n) is 8.02. The summed E-state index contributed by atoms with van der Waals surface area (Å²) in [6, 6.07) is 0. The molecule has 67 valence electrons. The fraction of sp³-hybridized carbons (Fsp3) is 0.889. The molecular formula is C9H19O2. The van der Waals surface area contributed by atoms with Crippen LogP contribution in [0.5, 0.6) is 0 Å². The lowest BCUT2D eigenvalue weighted by molar-refractivity contribution is -0.0579. The molecule has 11 heavy (non-hydrogen) atoms. The molecule has 0 saturated heterocycles. The Hall–Kier alpha value is -0.0800. The molecule has 0 saturated carbocycles. The maximum absolute atomic E-state index is 5.48. The maximum atomic E-state index is 5.48. The van der Waals surface area contributed by atoms with Gasteiger partial charge in [-0.2, -0.15) is 0 Å². The third-order valence-corrected chi connectivity index (χ3v) is 1.68. The van der Waals surface area contributed by atoms with Gasteiger partial charge in [0.1, 0.15) is 0 Å². The summed E-state index contributed by atoms with van der Waals surface area (Å²) in [5.41, 5.74) is -0.260. The van der Waals surface area contributed by atoms with Crippen LogP contribution in [0.4, 0.5) is 0 Å². The van der Waals surface area contributed by atoms with E-state index >= 15 is 0 Å². The van der Waals surface area contributed by atoms with Crippen LogP contribution < -0.4 is 0 Å². The summed E-state index contributed by atoms with van der Waals surface area (Å²) in [6.07, 6.45) is 1.34. The van der Waals surface area contributed by atoms with E-state index in [0.717, 1.165) is 6.42 Å². The van der Waals surface area contributed by atoms with E-state index in [1.54, 1.807) is 0 Å². The molecule has 0 fully saturated rings. The smallest absolute Gasteiger partial charge is 0.0860 e. The molecule has 2 heteroatoms. The molecule has 0 aromatic rings. The Morgan fingerprint density at radius 1 is 1.45 bits per heavy atom. The summed E-state index contributed by atoms with van der Waals surface area (Å²) in [5.74, 6) is 0. The molecule has 0 aliphatic carbocycles. The van der Waals surface area contributed by atoms with Crippen molar-refractivity contribution in [2.75, 3.05) is 6.61 Å². The lowest BCUT2D eigenvalue weighted by atomic mass is 10.1. The normalized spacial score (nSPS) is 15.0. The van der Waals surface area contributed by atoms with Gasteiger partial charge in [-0.05, 0) is 27.2 Å². The average molecular weight is 159 g/mol. The summed E-state index contributed by atoms with van der Waals surface area (Å²) in [5, 5.41) is 0. The Kier molecular flexibility index (Phi) is 4.69. The van der Waals surface area contributed by atoms with Crippen molar-refractivity contribution in [2.24, 2.45) is 0 Å². The average Bonchev–Trinajstić information content (AvgIpc) is 2.00. The van der Waals surface area contributed by atoms with Gasteiger partial charge in [-0.3, -0.25) is 0 Å². The number of hydrogen-bond acceptors (Lipinski definition) is 2. The van der Waals surface area contributed by atoms with Crippen LogP contribution >= 0.6 is 0 Å². The van der Waals surface area contributed by atoms with Gasteiger partial charge in [0, 0.05) is 0 Å². The van der Waals surface area contributed by atoms with E-state index in [-0.39, 0.29) is 5.60 Å². The van der Waals surface area contributed by atoms with Crippen LogP contribution in [0.25, 0.3) is 0 Å². The van der Waals surface area contributed by atoms with Gasteiger partial charge in [0.25, 0.3) is 0 Å². The SMILES string of the molecule is [CH2]OC(C)(C)COC(C)CC. The van der Waals surface area contributed by atoms with Crippen molar-refractivity contribution in [1.29, 1.82) is 0 Å². The Morgan fingerprint density at radius 3 is 2.36 bits per heavy atom. The second kappa shape index (κ2) is 4.73. The van der Waals surface area contributed by atoms with Crippen molar-refractivity contribution >= 4 is 0 Å². The highest BCUT2D eigenvalue weighted by Crippen LogP contribution is 2.10. The van der Waals surface area contributed by atoms with Crippen LogP contribution in [-0.2, 0) is 9.47 Å². The zero-order chi connectivity index (χ0) is 8.91. The quantitative estimate of drug-likeness (QED) is 0.613. The Balaban J connectivity index is 3.52. The first kappa shape index (κ1) is 10.9. The molecule has 1 unspecified atom stereocenters. The molecule has 2 nitrogen and oxygen atoms in total. The highest BCUT2D eigenvalue weighted by atomic mass is 16.5. The molecule has 0 amide bonds. The van der Waals surface area contributed by atoms with E-state index in [2.05, 4.69) is 21.0 Å². The molecule has 0 aliphatic rings. The van der Waals surface area contributed by atoms with Gasteiger partial charge in [0.15, 0.2) is 0 Å². The Labute approximate surface area is 69.9 Å². The molecule has 0 spiro atoms. The molecular weight excluding hydrogens is 140 g/mol. The predicted molar refractivity (Wildman–Crippen MR) is 46.2 cm³/mol. The van der Waals surface area contributed by atoms with Crippen molar-refractivity contribution in [3.8, 4) is 0 Å². The molecule has 0 heterocycles. The minimum Gasteiger partial charge on any atom is -0.376 e. The van der Waals surface area contributed by atoms with Crippen LogP contribution in [0.15, 0.2) is 0 Å². The second-order valence-electron chi connectivity index (χ2n) is 3.43. The summed E-state index contributed by atoms with van der Waals surface area (Å²) < 4.78 is 10.4. The predicted octanol–water partition coefficient (Wildman–Crippen LogP) is 2.39. The molecule has 0 aromatic carbocycles. The van der Waals surface area contributed by atoms with Crippen LogP contribution in [0.2, 0.25) is 0 Å². The first-order valence-electron chi connectivity index (χ1n) is 4.06. The van der Waals surface area contributed by atoms with Crippen molar-refractivity contribution < 1.29 is 9.47 Å². The highest BCUT2D eigenvalue weighted by Gasteiger charge is 2.17. The van der Waals surface area contributed by atoms with E-state index in [1.165, 1.54) is 0 Å². The van der Waals surface area contributed by atoms with E-state index < -0.39 is 0 Å². The number of ether oxygens (including phenoxy) is 2. The fourth-order valence-electron chi connectivity index (χ4n) is 0.502. The maximum Gasteiger partial charge on any atom is 0.0860 e. The van der Waals surface area contributed by atoms with Crippen LogP contribution in [0.3, 0.4) is 0 Å². The van der Waals surface area contributed by atoms with Crippen molar-refractivity contribution in [3.05, 3.63) is 7.11 Å². The van der Waals surface area contributed by atoms with Gasteiger partial charge in [0.2, 0.25) is 0 Å². The zero-order valence-corrected chi connectivity index (χ0v) is 8.02.